The molecule has 4 N–H and O–H groups in total. The minimum absolute atomic E-state index is 0.0173. The number of hydrogen-bond acceptors (Lipinski definition) is 7. The Morgan fingerprint density at radius 1 is 1.05 bits per heavy atom. The van der Waals surface area contributed by atoms with Crippen molar-refractivity contribution in [3.05, 3.63) is 66.4 Å². The molecule has 10 nitrogen and oxygen atoms in total. The van der Waals surface area contributed by atoms with Crippen molar-refractivity contribution in [2.75, 3.05) is 24.6 Å². The van der Waals surface area contributed by atoms with E-state index in [0.29, 0.717) is 41.1 Å². The number of nitrogens with two attached hydrogens (primary N) is 1. The molecular formula is C26H24FN9O. The Kier molecular flexibility index (Phi) is 5.32. The molecule has 1 aromatic carbocycles. The molecule has 0 saturated heterocycles. The highest BCUT2D eigenvalue weighted by molar-refractivity contribution is 5.98. The summed E-state index contributed by atoms with van der Waals surface area (Å²) in [6, 6.07) is 5.48. The van der Waals surface area contributed by atoms with Gasteiger partial charge in [-0.25, -0.2) is 14.4 Å². The van der Waals surface area contributed by atoms with Crippen LogP contribution in [0.25, 0.3) is 33.2 Å². The van der Waals surface area contributed by atoms with E-state index in [1.807, 2.05) is 13.0 Å². The van der Waals surface area contributed by atoms with Gasteiger partial charge in [-0.15, -0.1) is 0 Å². The first-order valence-electron chi connectivity index (χ1n) is 11.8. The minimum atomic E-state index is -0.519. The van der Waals surface area contributed by atoms with E-state index in [4.69, 9.17) is 5.73 Å². The number of fused-ring (bicyclic) bond motifs is 2. The van der Waals surface area contributed by atoms with E-state index < -0.39 is 5.82 Å². The number of rotatable bonds is 4. The summed E-state index contributed by atoms with van der Waals surface area (Å²) in [5.74, 6) is 0.613. The van der Waals surface area contributed by atoms with Crippen molar-refractivity contribution in [2.24, 2.45) is 0 Å². The maximum atomic E-state index is 15.5. The van der Waals surface area contributed by atoms with Crippen molar-refractivity contribution in [1.29, 1.82) is 0 Å². The molecule has 37 heavy (non-hydrogen) atoms. The number of carbonyl (C=O) groups excluding carboxylic acids is 1. The predicted octanol–water partition coefficient (Wildman–Crippen LogP) is 3.67. The number of benzene rings is 1. The van der Waals surface area contributed by atoms with Crippen molar-refractivity contribution in [3.8, 4) is 22.4 Å². The van der Waals surface area contributed by atoms with E-state index in [1.54, 1.807) is 59.9 Å². The van der Waals surface area contributed by atoms with Crippen LogP contribution in [0.1, 0.15) is 11.3 Å². The molecule has 0 bridgehead atoms. The van der Waals surface area contributed by atoms with E-state index in [9.17, 15) is 4.79 Å². The van der Waals surface area contributed by atoms with Crippen LogP contribution in [-0.2, 0) is 17.8 Å². The second kappa shape index (κ2) is 8.70. The fourth-order valence-electron chi connectivity index (χ4n) is 4.67. The zero-order valence-electron chi connectivity index (χ0n) is 20.3. The van der Waals surface area contributed by atoms with Crippen LogP contribution in [0, 0.1) is 12.7 Å². The standard InChI is InChI=1S/C26H24FN9O/c1-14-18(8-29-9-19(14)21-11-30-13-32-21)17-5-15-6-22(31-10-20(15)26(28)25(17)27)33-23-7-16-3-4-35(2)24(37)12-36(16)34-23/h5-11,13H,3-4,12,28H2,1-2H3,(H,30,32)(H,31,33,34). The van der Waals surface area contributed by atoms with Gasteiger partial charge in [0.1, 0.15) is 12.4 Å². The molecule has 5 heterocycles. The number of H-pyrrole nitrogens is 1. The number of nitrogen functional groups attached to an aromatic ring is 1. The zero-order chi connectivity index (χ0) is 25.7. The fourth-order valence-corrected chi connectivity index (χ4v) is 4.67. The number of likely N-dealkylation sites (N-methyl/N-ethyl adjacent to an activating group) is 1. The number of carbonyl (C=O) groups is 1. The van der Waals surface area contributed by atoms with Gasteiger partial charge >= 0.3 is 0 Å². The average molecular weight is 498 g/mol. The lowest BCUT2D eigenvalue weighted by Gasteiger charge is -2.14. The lowest BCUT2D eigenvalue weighted by molar-refractivity contribution is -0.130. The molecule has 0 atom stereocenters. The van der Waals surface area contributed by atoms with Gasteiger partial charge < -0.3 is 20.9 Å². The monoisotopic (exact) mass is 497 g/mol. The lowest BCUT2D eigenvalue weighted by atomic mass is 9.95. The molecule has 1 aliphatic heterocycles. The van der Waals surface area contributed by atoms with E-state index in [2.05, 4.69) is 30.4 Å². The number of imidazole rings is 1. The highest BCUT2D eigenvalue weighted by Gasteiger charge is 2.20. The van der Waals surface area contributed by atoms with Crippen LogP contribution < -0.4 is 11.1 Å². The van der Waals surface area contributed by atoms with Crippen LogP contribution in [-0.4, -0.2) is 54.1 Å². The van der Waals surface area contributed by atoms with Crippen molar-refractivity contribution in [2.45, 2.75) is 19.9 Å². The van der Waals surface area contributed by atoms with Crippen molar-refractivity contribution >= 4 is 34.0 Å². The summed E-state index contributed by atoms with van der Waals surface area (Å²) in [6.45, 7) is 2.75. The van der Waals surface area contributed by atoms with Crippen LogP contribution in [0.5, 0.6) is 0 Å². The molecular weight excluding hydrogens is 473 g/mol. The van der Waals surface area contributed by atoms with Crippen molar-refractivity contribution < 1.29 is 9.18 Å². The number of amides is 1. The van der Waals surface area contributed by atoms with Gasteiger partial charge in [-0.3, -0.25) is 14.5 Å². The van der Waals surface area contributed by atoms with Gasteiger partial charge in [0.2, 0.25) is 5.91 Å². The Hall–Kier alpha value is -4.80. The summed E-state index contributed by atoms with van der Waals surface area (Å²) in [5, 5.41) is 8.97. The molecule has 1 amide bonds. The van der Waals surface area contributed by atoms with E-state index in [0.717, 1.165) is 27.9 Å². The summed E-state index contributed by atoms with van der Waals surface area (Å²) in [7, 11) is 1.79. The maximum Gasteiger partial charge on any atom is 0.244 e. The SMILES string of the molecule is Cc1c(-c2cnc[nH]2)cncc1-c1cc2cc(Nc3cc4n(n3)CC(=O)N(C)CC4)ncc2c(N)c1F. The summed E-state index contributed by atoms with van der Waals surface area (Å²) in [5.41, 5.74) is 10.7. The molecule has 5 aromatic rings. The van der Waals surface area contributed by atoms with Gasteiger partial charge in [0.05, 0.1) is 23.9 Å². The topological polar surface area (TPSA) is 131 Å². The first-order valence-corrected chi connectivity index (χ1v) is 11.8. The zero-order valence-corrected chi connectivity index (χ0v) is 20.3. The molecule has 4 aromatic heterocycles. The Bertz CT molecular complexity index is 1660. The second-order valence-electron chi connectivity index (χ2n) is 9.14. The maximum absolute atomic E-state index is 15.5. The normalized spacial score (nSPS) is 13.6. The molecule has 0 radical (unpaired) electrons. The average Bonchev–Trinajstić information content (AvgIpc) is 3.53. The second-order valence-corrected chi connectivity index (χ2v) is 9.14. The number of halogens is 1. The van der Waals surface area contributed by atoms with Gasteiger partial charge in [-0.2, -0.15) is 5.10 Å². The Morgan fingerprint density at radius 2 is 1.89 bits per heavy atom. The van der Waals surface area contributed by atoms with Crippen LogP contribution >= 0.6 is 0 Å². The Balaban J connectivity index is 1.38. The summed E-state index contributed by atoms with van der Waals surface area (Å²) in [4.78, 5) is 29.8. The van der Waals surface area contributed by atoms with Crippen LogP contribution in [0.2, 0.25) is 0 Å². The number of nitrogens with one attached hydrogen (secondary N) is 2. The molecule has 1 aliphatic rings. The molecule has 0 saturated carbocycles. The summed E-state index contributed by atoms with van der Waals surface area (Å²) < 4.78 is 17.2. The molecule has 11 heteroatoms. The van der Waals surface area contributed by atoms with Crippen LogP contribution in [0.3, 0.4) is 0 Å². The third kappa shape index (κ3) is 3.94. The summed E-state index contributed by atoms with van der Waals surface area (Å²) >= 11 is 0. The van der Waals surface area contributed by atoms with E-state index in [-0.39, 0.29) is 18.1 Å². The van der Waals surface area contributed by atoms with Gasteiger partial charge in [0, 0.05) is 72.4 Å². The number of nitrogens with zero attached hydrogens (tertiary/aromatic N) is 6. The van der Waals surface area contributed by atoms with Crippen LogP contribution in [0.4, 0.5) is 21.7 Å². The Morgan fingerprint density at radius 3 is 2.70 bits per heavy atom. The van der Waals surface area contributed by atoms with Gasteiger partial charge in [0.15, 0.2) is 11.6 Å². The lowest BCUT2D eigenvalue weighted by Crippen LogP contribution is -2.29. The number of pyridine rings is 2. The smallest absolute Gasteiger partial charge is 0.244 e. The third-order valence-electron chi connectivity index (χ3n) is 6.83. The first-order chi connectivity index (χ1) is 17.9. The minimum Gasteiger partial charge on any atom is -0.396 e. The van der Waals surface area contributed by atoms with Crippen molar-refractivity contribution in [1.82, 2.24) is 34.6 Å². The number of aromatic nitrogens is 6. The number of anilines is 3. The van der Waals surface area contributed by atoms with E-state index in [1.165, 1.54) is 0 Å². The largest absolute Gasteiger partial charge is 0.396 e. The molecule has 0 spiro atoms. The third-order valence-corrected chi connectivity index (χ3v) is 6.83. The molecule has 186 valence electrons. The molecule has 0 aliphatic carbocycles. The number of aromatic amines is 1. The quantitative estimate of drug-likeness (QED) is 0.323. The fraction of sp³-hybridized carbons (Fsp3) is 0.192. The highest BCUT2D eigenvalue weighted by atomic mass is 19.1. The van der Waals surface area contributed by atoms with Gasteiger partial charge in [0.25, 0.3) is 0 Å². The first kappa shape index (κ1) is 22.7. The number of hydrogen-bond donors (Lipinski definition) is 3. The molecule has 0 fully saturated rings. The van der Waals surface area contributed by atoms with Gasteiger partial charge in [-0.1, -0.05) is 0 Å². The Labute approximate surface area is 211 Å². The molecule has 6 rings (SSSR count). The highest BCUT2D eigenvalue weighted by Crippen LogP contribution is 2.37. The predicted molar refractivity (Wildman–Crippen MR) is 139 cm³/mol. The summed E-state index contributed by atoms with van der Waals surface area (Å²) in [6.07, 6.45) is 8.91. The molecule has 0 unspecified atom stereocenters. The van der Waals surface area contributed by atoms with E-state index >= 15 is 4.39 Å². The van der Waals surface area contributed by atoms with Crippen LogP contribution in [0.15, 0.2) is 49.3 Å². The van der Waals surface area contributed by atoms with Gasteiger partial charge in [-0.05, 0) is 30.0 Å². The van der Waals surface area contributed by atoms with Crippen molar-refractivity contribution in [3.63, 3.8) is 0 Å².